The number of nitrogens with zero attached hydrogens (tertiary/aromatic N) is 2. The molecule has 9 rings (SSSR count). The van der Waals surface area contributed by atoms with E-state index in [1.165, 1.54) is 43.4 Å². The molecule has 2 heterocycles. The van der Waals surface area contributed by atoms with Gasteiger partial charge < -0.3 is 0 Å². The quantitative estimate of drug-likeness (QED) is 0.176. The van der Waals surface area contributed by atoms with E-state index in [0.29, 0.717) is 5.69 Å². The fraction of sp³-hybridized carbons (Fsp3) is 0.0698. The third-order valence-electron chi connectivity index (χ3n) is 10.5. The van der Waals surface area contributed by atoms with E-state index in [4.69, 9.17) is 0 Å². The standard InChI is InChI=1S/C43H28N2O6S/c1-25-11-13-26(14-12-25)43(37-9-5-3-7-31(37)32-8-4-6-10-38(32)43)27-15-17-28(18-16-27)45-41(48)34-22-20-30(24-36(34)42(45)49)52(50,51)29-19-21-33-35(23-29)40(47)44(2)39(33)46/h3-24H,1-2H3. The van der Waals surface area contributed by atoms with E-state index in [2.05, 4.69) is 55.5 Å². The van der Waals surface area contributed by atoms with Crippen molar-refractivity contribution in [3.05, 3.63) is 184 Å². The van der Waals surface area contributed by atoms with Gasteiger partial charge in [0.2, 0.25) is 9.84 Å². The number of imide groups is 2. The molecular weight excluding hydrogens is 673 g/mol. The molecule has 52 heavy (non-hydrogen) atoms. The third kappa shape index (κ3) is 4.17. The van der Waals surface area contributed by atoms with Crippen LogP contribution in [0.25, 0.3) is 11.1 Å². The highest BCUT2D eigenvalue weighted by atomic mass is 32.2. The number of hydrogen-bond donors (Lipinski definition) is 0. The molecule has 0 saturated heterocycles. The molecule has 0 unspecified atom stereocenters. The van der Waals surface area contributed by atoms with Crippen LogP contribution >= 0.6 is 0 Å². The first-order valence-corrected chi connectivity index (χ1v) is 18.1. The number of amides is 4. The van der Waals surface area contributed by atoms with Crippen molar-refractivity contribution in [1.82, 2.24) is 4.90 Å². The minimum Gasteiger partial charge on any atom is -0.277 e. The molecule has 0 fully saturated rings. The van der Waals surface area contributed by atoms with Crippen LogP contribution in [0.4, 0.5) is 5.69 Å². The molecule has 0 radical (unpaired) electrons. The number of rotatable bonds is 5. The van der Waals surface area contributed by atoms with Crippen LogP contribution in [0.2, 0.25) is 0 Å². The molecule has 0 bridgehead atoms. The van der Waals surface area contributed by atoms with Crippen molar-refractivity contribution in [2.24, 2.45) is 0 Å². The summed E-state index contributed by atoms with van der Waals surface area (Å²) in [4.78, 5) is 54.1. The molecular formula is C43H28N2O6S. The number of anilines is 1. The SMILES string of the molecule is Cc1ccc(C2(c3ccc(N4C(=O)c5ccc(S(=O)(=O)c6ccc7c(c6)C(=O)N(C)C7=O)cc5C4=O)cc3)c3ccccc3-c3ccccc32)cc1. The van der Waals surface area contributed by atoms with Gasteiger partial charge in [0, 0.05) is 7.05 Å². The zero-order valence-corrected chi connectivity index (χ0v) is 28.8. The summed E-state index contributed by atoms with van der Waals surface area (Å²) >= 11 is 0. The predicted molar refractivity (Wildman–Crippen MR) is 194 cm³/mol. The van der Waals surface area contributed by atoms with E-state index in [9.17, 15) is 27.6 Å². The lowest BCUT2D eigenvalue weighted by Crippen LogP contribution is -2.30. The van der Waals surface area contributed by atoms with Gasteiger partial charge in [0.1, 0.15) is 0 Å². The van der Waals surface area contributed by atoms with E-state index in [1.807, 2.05) is 36.4 Å². The Morgan fingerprint density at radius 2 is 0.923 bits per heavy atom. The highest BCUT2D eigenvalue weighted by Gasteiger charge is 2.46. The third-order valence-corrected chi connectivity index (χ3v) is 12.3. The summed E-state index contributed by atoms with van der Waals surface area (Å²) in [5.41, 5.74) is 7.58. The first kappa shape index (κ1) is 31.5. The van der Waals surface area contributed by atoms with Gasteiger partial charge in [-0.15, -0.1) is 0 Å². The summed E-state index contributed by atoms with van der Waals surface area (Å²) in [6.45, 7) is 2.06. The van der Waals surface area contributed by atoms with Gasteiger partial charge in [0.25, 0.3) is 23.6 Å². The monoisotopic (exact) mass is 700 g/mol. The molecule has 8 nitrogen and oxygen atoms in total. The van der Waals surface area contributed by atoms with Crippen LogP contribution in [-0.2, 0) is 15.3 Å². The zero-order valence-electron chi connectivity index (χ0n) is 28.0. The van der Waals surface area contributed by atoms with E-state index < -0.39 is 38.9 Å². The van der Waals surface area contributed by atoms with Gasteiger partial charge in [-0.25, -0.2) is 13.3 Å². The summed E-state index contributed by atoms with van der Waals surface area (Å²) in [7, 11) is -2.90. The Hall–Kier alpha value is -6.45. The van der Waals surface area contributed by atoms with Crippen molar-refractivity contribution in [3.63, 3.8) is 0 Å². The lowest BCUT2D eigenvalue weighted by atomic mass is 9.67. The number of carbonyl (C=O) groups excluding carboxylic acids is 4. The number of aryl methyl sites for hydroxylation is 1. The predicted octanol–water partition coefficient (Wildman–Crippen LogP) is 7.22. The topological polar surface area (TPSA) is 109 Å². The summed E-state index contributed by atoms with van der Waals surface area (Å²) in [6, 6.07) is 40.2. The minimum atomic E-state index is -4.23. The molecule has 6 aromatic rings. The van der Waals surface area contributed by atoms with E-state index in [-0.39, 0.29) is 32.0 Å². The van der Waals surface area contributed by atoms with Crippen molar-refractivity contribution < 1.29 is 27.6 Å². The molecule has 2 aliphatic heterocycles. The van der Waals surface area contributed by atoms with Gasteiger partial charge in [-0.3, -0.25) is 24.1 Å². The highest BCUT2D eigenvalue weighted by Crippen LogP contribution is 2.56. The van der Waals surface area contributed by atoms with Crippen molar-refractivity contribution in [2.45, 2.75) is 22.1 Å². The highest BCUT2D eigenvalue weighted by molar-refractivity contribution is 7.91. The first-order chi connectivity index (χ1) is 25.0. The summed E-state index contributed by atoms with van der Waals surface area (Å²) in [6.07, 6.45) is 0. The Morgan fingerprint density at radius 3 is 1.48 bits per heavy atom. The molecule has 252 valence electrons. The van der Waals surface area contributed by atoms with Crippen LogP contribution in [0.5, 0.6) is 0 Å². The van der Waals surface area contributed by atoms with Crippen LogP contribution in [0, 0.1) is 6.92 Å². The maximum atomic E-state index is 13.9. The van der Waals surface area contributed by atoms with Gasteiger partial charge in [-0.1, -0.05) is 90.5 Å². The second-order valence-corrected chi connectivity index (χ2v) is 15.2. The number of sulfone groups is 1. The zero-order chi connectivity index (χ0) is 36.1. The van der Waals surface area contributed by atoms with Gasteiger partial charge in [0.05, 0.1) is 43.1 Å². The van der Waals surface area contributed by atoms with Crippen LogP contribution in [0.3, 0.4) is 0 Å². The molecule has 1 aliphatic carbocycles. The van der Waals surface area contributed by atoms with E-state index in [1.54, 1.807) is 12.1 Å². The van der Waals surface area contributed by atoms with Crippen molar-refractivity contribution in [2.75, 3.05) is 11.9 Å². The second-order valence-electron chi connectivity index (χ2n) is 13.3. The Balaban J connectivity index is 1.10. The summed E-state index contributed by atoms with van der Waals surface area (Å²) < 4.78 is 27.5. The normalized spacial score (nSPS) is 15.5. The average Bonchev–Trinajstić information content (AvgIpc) is 3.70. The molecule has 0 spiro atoms. The van der Waals surface area contributed by atoms with Crippen LogP contribution in [0.1, 0.15) is 69.2 Å². The van der Waals surface area contributed by atoms with Crippen LogP contribution in [0.15, 0.2) is 143 Å². The van der Waals surface area contributed by atoms with Crippen molar-refractivity contribution in [3.8, 4) is 11.1 Å². The van der Waals surface area contributed by atoms with Gasteiger partial charge in [-0.05, 0) is 88.8 Å². The molecule has 4 amide bonds. The Morgan fingerprint density at radius 1 is 0.481 bits per heavy atom. The Bertz CT molecular complexity index is 2650. The van der Waals surface area contributed by atoms with Crippen LogP contribution in [-0.4, -0.2) is 44.0 Å². The smallest absolute Gasteiger partial charge is 0.266 e. The van der Waals surface area contributed by atoms with E-state index in [0.717, 1.165) is 48.7 Å². The average molecular weight is 701 g/mol. The van der Waals surface area contributed by atoms with Gasteiger partial charge in [0.15, 0.2) is 0 Å². The second kappa shape index (κ2) is 11.0. The fourth-order valence-electron chi connectivity index (χ4n) is 7.95. The Kier molecular flexibility index (Phi) is 6.68. The number of benzene rings is 6. The largest absolute Gasteiger partial charge is 0.277 e. The maximum absolute atomic E-state index is 13.9. The molecule has 0 N–H and O–H groups in total. The molecule has 0 atom stereocenters. The molecule has 0 aromatic heterocycles. The van der Waals surface area contributed by atoms with Gasteiger partial charge in [-0.2, -0.15) is 0 Å². The minimum absolute atomic E-state index is 0.00986. The number of carbonyl (C=O) groups is 4. The lowest BCUT2D eigenvalue weighted by Gasteiger charge is -2.34. The summed E-state index contributed by atoms with van der Waals surface area (Å²) in [5.74, 6) is -2.32. The Labute approximate surface area is 299 Å². The fourth-order valence-corrected chi connectivity index (χ4v) is 9.27. The van der Waals surface area contributed by atoms with Crippen molar-refractivity contribution in [1.29, 1.82) is 0 Å². The molecule has 9 heteroatoms. The molecule has 3 aliphatic rings. The number of hydrogen-bond acceptors (Lipinski definition) is 6. The van der Waals surface area contributed by atoms with Gasteiger partial charge >= 0.3 is 0 Å². The van der Waals surface area contributed by atoms with Crippen LogP contribution < -0.4 is 4.90 Å². The molecule has 0 saturated carbocycles. The molecule has 6 aromatic carbocycles. The first-order valence-electron chi connectivity index (χ1n) is 16.6. The number of fused-ring (bicyclic) bond motifs is 5. The summed E-state index contributed by atoms with van der Waals surface area (Å²) in [5, 5.41) is 0. The lowest BCUT2D eigenvalue weighted by molar-refractivity contribution is 0.0692. The maximum Gasteiger partial charge on any atom is 0.266 e. The van der Waals surface area contributed by atoms with E-state index >= 15 is 0 Å². The van der Waals surface area contributed by atoms with Crippen molar-refractivity contribution >= 4 is 39.2 Å².